The van der Waals surface area contributed by atoms with Gasteiger partial charge in [-0.1, -0.05) is 30.3 Å². The van der Waals surface area contributed by atoms with Crippen molar-refractivity contribution in [2.45, 2.75) is 32.7 Å². The molecule has 1 aromatic carbocycles. The van der Waals surface area contributed by atoms with Gasteiger partial charge >= 0.3 is 0 Å². The van der Waals surface area contributed by atoms with Crippen molar-refractivity contribution < 1.29 is 9.69 Å². The molecule has 1 fully saturated rings. The maximum atomic E-state index is 12.1. The van der Waals surface area contributed by atoms with E-state index in [1.54, 1.807) is 4.90 Å². The zero-order chi connectivity index (χ0) is 17.2. The number of benzene rings is 1. The molecule has 2 aromatic rings. The largest absolute Gasteiger partial charge is 0.330 e. The van der Waals surface area contributed by atoms with E-state index in [0.29, 0.717) is 6.42 Å². The van der Waals surface area contributed by atoms with Crippen molar-refractivity contribution in [1.29, 1.82) is 0 Å². The normalized spacial score (nSPS) is 18.3. The fourth-order valence-corrected chi connectivity index (χ4v) is 3.93. The molecule has 1 saturated heterocycles. The Morgan fingerprint density at radius 3 is 2.60 bits per heavy atom. The SMILES string of the molecule is Cc1nc(N2CC[NH+](Cc3ccccc3)CC2)nc2c1C(=O)CCC2. The first-order valence-electron chi connectivity index (χ1n) is 9.24. The number of hydrogen-bond donors (Lipinski definition) is 1. The molecule has 1 aliphatic heterocycles. The van der Waals surface area contributed by atoms with Crippen LogP contribution in [0.25, 0.3) is 0 Å². The summed E-state index contributed by atoms with van der Waals surface area (Å²) in [6.07, 6.45) is 2.45. The number of nitrogens with one attached hydrogen (secondary N) is 1. The van der Waals surface area contributed by atoms with Crippen molar-refractivity contribution >= 4 is 11.7 Å². The second-order valence-corrected chi connectivity index (χ2v) is 7.11. The molecule has 0 spiro atoms. The molecule has 1 N–H and O–H groups in total. The van der Waals surface area contributed by atoms with Crippen LogP contribution in [0.4, 0.5) is 5.95 Å². The fraction of sp³-hybridized carbons (Fsp3) is 0.450. The van der Waals surface area contributed by atoms with Gasteiger partial charge in [0.1, 0.15) is 6.54 Å². The average Bonchev–Trinajstić information content (AvgIpc) is 2.63. The Morgan fingerprint density at radius 1 is 1.08 bits per heavy atom. The summed E-state index contributed by atoms with van der Waals surface area (Å²) in [6, 6.07) is 10.7. The highest BCUT2D eigenvalue weighted by Crippen LogP contribution is 2.24. The van der Waals surface area contributed by atoms with Crippen LogP contribution in [0, 0.1) is 6.92 Å². The molecule has 0 radical (unpaired) electrons. The Morgan fingerprint density at radius 2 is 1.84 bits per heavy atom. The summed E-state index contributed by atoms with van der Waals surface area (Å²) >= 11 is 0. The van der Waals surface area contributed by atoms with Crippen LogP contribution in [0.5, 0.6) is 0 Å². The summed E-state index contributed by atoms with van der Waals surface area (Å²) in [5.41, 5.74) is 3.98. The fourth-order valence-electron chi connectivity index (χ4n) is 3.93. The molecule has 0 atom stereocenters. The second kappa shape index (κ2) is 6.92. The van der Waals surface area contributed by atoms with Gasteiger partial charge in [-0.3, -0.25) is 4.79 Å². The summed E-state index contributed by atoms with van der Waals surface area (Å²) < 4.78 is 0. The number of carbonyl (C=O) groups is 1. The molecule has 0 saturated carbocycles. The molecule has 25 heavy (non-hydrogen) atoms. The van der Waals surface area contributed by atoms with Gasteiger partial charge in [0.15, 0.2) is 5.78 Å². The number of aryl methyl sites for hydroxylation is 2. The van der Waals surface area contributed by atoms with E-state index in [9.17, 15) is 4.79 Å². The topological polar surface area (TPSA) is 50.5 Å². The van der Waals surface area contributed by atoms with E-state index in [2.05, 4.69) is 40.2 Å². The quantitative estimate of drug-likeness (QED) is 0.915. The van der Waals surface area contributed by atoms with Crippen LogP contribution in [0.1, 0.15) is 40.2 Å². The van der Waals surface area contributed by atoms with Crippen molar-refractivity contribution in [1.82, 2.24) is 9.97 Å². The molecule has 1 aliphatic carbocycles. The zero-order valence-corrected chi connectivity index (χ0v) is 14.8. The van der Waals surface area contributed by atoms with Crippen molar-refractivity contribution in [2.24, 2.45) is 0 Å². The molecule has 0 amide bonds. The van der Waals surface area contributed by atoms with Crippen molar-refractivity contribution in [3.63, 3.8) is 0 Å². The Bertz CT molecular complexity index is 767. The number of Topliss-reactive ketones (excluding diaryl/α,β-unsaturated/α-hetero) is 1. The molecular formula is C20H25N4O+. The highest BCUT2D eigenvalue weighted by atomic mass is 16.1. The van der Waals surface area contributed by atoms with Crippen LogP contribution in [0.15, 0.2) is 30.3 Å². The lowest BCUT2D eigenvalue weighted by Gasteiger charge is -2.33. The lowest BCUT2D eigenvalue weighted by Crippen LogP contribution is -3.13. The van der Waals surface area contributed by atoms with E-state index in [1.165, 1.54) is 5.56 Å². The number of piperazine rings is 1. The number of carbonyl (C=O) groups excluding carboxylic acids is 1. The molecule has 2 aliphatic rings. The summed E-state index contributed by atoms with van der Waals surface area (Å²) in [7, 11) is 0. The van der Waals surface area contributed by atoms with Gasteiger partial charge in [-0.05, 0) is 19.8 Å². The molecule has 2 heterocycles. The van der Waals surface area contributed by atoms with Crippen molar-refractivity contribution in [2.75, 3.05) is 31.1 Å². The standard InChI is InChI=1S/C20H24N4O/c1-15-19-17(8-5-9-18(19)25)22-20(21-15)24-12-10-23(11-13-24)14-16-6-3-2-4-7-16/h2-4,6-7H,5,8-14H2,1H3/p+1. The van der Waals surface area contributed by atoms with Crippen LogP contribution in [-0.4, -0.2) is 41.9 Å². The minimum atomic E-state index is 0.211. The van der Waals surface area contributed by atoms with Gasteiger partial charge in [0.05, 0.1) is 43.1 Å². The van der Waals surface area contributed by atoms with Crippen LogP contribution < -0.4 is 9.80 Å². The highest BCUT2D eigenvalue weighted by Gasteiger charge is 2.26. The molecule has 130 valence electrons. The van der Waals surface area contributed by atoms with Gasteiger partial charge in [0.2, 0.25) is 5.95 Å². The maximum absolute atomic E-state index is 12.1. The Kier molecular flexibility index (Phi) is 4.49. The van der Waals surface area contributed by atoms with Crippen molar-refractivity contribution in [3.05, 3.63) is 52.8 Å². The van der Waals surface area contributed by atoms with Gasteiger partial charge in [-0.2, -0.15) is 0 Å². The zero-order valence-electron chi connectivity index (χ0n) is 14.8. The van der Waals surface area contributed by atoms with E-state index in [0.717, 1.165) is 68.5 Å². The molecule has 0 unspecified atom stereocenters. The Balaban J connectivity index is 1.44. The number of hydrogen-bond acceptors (Lipinski definition) is 4. The average molecular weight is 337 g/mol. The summed E-state index contributed by atoms with van der Waals surface area (Å²) in [6.45, 7) is 7.14. The van der Waals surface area contributed by atoms with E-state index in [1.807, 2.05) is 6.92 Å². The molecule has 0 bridgehead atoms. The first-order valence-corrected chi connectivity index (χ1v) is 9.24. The number of quaternary nitrogens is 1. The van der Waals surface area contributed by atoms with Gasteiger partial charge in [0.25, 0.3) is 0 Å². The van der Waals surface area contributed by atoms with Gasteiger partial charge in [-0.25, -0.2) is 9.97 Å². The first-order chi connectivity index (χ1) is 12.2. The summed E-state index contributed by atoms with van der Waals surface area (Å²) in [5.74, 6) is 1.02. The van der Waals surface area contributed by atoms with Gasteiger partial charge in [0, 0.05) is 12.0 Å². The van der Waals surface area contributed by atoms with E-state index < -0.39 is 0 Å². The maximum Gasteiger partial charge on any atom is 0.226 e. The number of ketones is 1. The van der Waals surface area contributed by atoms with Crippen LogP contribution in [0.3, 0.4) is 0 Å². The molecular weight excluding hydrogens is 312 g/mol. The lowest BCUT2D eigenvalue weighted by molar-refractivity contribution is -0.914. The number of nitrogens with zero attached hydrogens (tertiary/aromatic N) is 3. The third-order valence-corrected chi connectivity index (χ3v) is 5.30. The predicted octanol–water partition coefficient (Wildman–Crippen LogP) is 1.21. The Hall–Kier alpha value is -2.27. The van der Waals surface area contributed by atoms with Crippen molar-refractivity contribution in [3.8, 4) is 0 Å². The summed E-state index contributed by atoms with van der Waals surface area (Å²) in [4.78, 5) is 25.4. The van der Waals surface area contributed by atoms with Crippen LogP contribution >= 0.6 is 0 Å². The third kappa shape index (κ3) is 3.42. The first kappa shape index (κ1) is 16.2. The number of anilines is 1. The minimum absolute atomic E-state index is 0.211. The van der Waals surface area contributed by atoms with Crippen LogP contribution in [-0.2, 0) is 13.0 Å². The van der Waals surface area contributed by atoms with Gasteiger partial charge in [-0.15, -0.1) is 0 Å². The molecule has 4 rings (SSSR count). The lowest BCUT2D eigenvalue weighted by atomic mass is 9.94. The van der Waals surface area contributed by atoms with E-state index in [-0.39, 0.29) is 5.78 Å². The smallest absolute Gasteiger partial charge is 0.226 e. The van der Waals surface area contributed by atoms with E-state index in [4.69, 9.17) is 4.98 Å². The molecule has 5 heteroatoms. The van der Waals surface area contributed by atoms with E-state index >= 15 is 0 Å². The third-order valence-electron chi connectivity index (χ3n) is 5.30. The minimum Gasteiger partial charge on any atom is -0.330 e. The number of rotatable bonds is 3. The van der Waals surface area contributed by atoms with Gasteiger partial charge < -0.3 is 9.80 Å². The number of fused-ring (bicyclic) bond motifs is 1. The molecule has 1 aromatic heterocycles. The summed E-state index contributed by atoms with van der Waals surface area (Å²) in [5, 5.41) is 0. The second-order valence-electron chi connectivity index (χ2n) is 7.11. The molecule has 5 nitrogen and oxygen atoms in total. The van der Waals surface area contributed by atoms with Crippen LogP contribution in [0.2, 0.25) is 0 Å². The number of aromatic nitrogens is 2. The Labute approximate surface area is 148 Å². The monoisotopic (exact) mass is 337 g/mol. The predicted molar refractivity (Wildman–Crippen MR) is 97.1 cm³/mol. The highest BCUT2D eigenvalue weighted by molar-refractivity contribution is 5.99.